The van der Waals surface area contributed by atoms with E-state index in [0.29, 0.717) is 6.04 Å². The Morgan fingerprint density at radius 2 is 1.80 bits per heavy atom. The molecular formula is C15H21N3OS. The molecule has 0 radical (unpaired) electrons. The third kappa shape index (κ3) is 4.58. The first-order valence-corrected chi connectivity index (χ1v) is 7.66. The van der Waals surface area contributed by atoms with Crippen LogP contribution in [0.5, 0.6) is 5.75 Å². The lowest BCUT2D eigenvalue weighted by atomic mass is 10.1. The van der Waals surface area contributed by atoms with E-state index in [1.165, 1.54) is 5.56 Å². The molecule has 5 heteroatoms. The molecule has 0 aliphatic heterocycles. The number of hydrogen-bond acceptors (Lipinski definition) is 5. The van der Waals surface area contributed by atoms with Crippen LogP contribution in [0.25, 0.3) is 0 Å². The summed E-state index contributed by atoms with van der Waals surface area (Å²) in [5.41, 5.74) is 1.29. The van der Waals surface area contributed by atoms with E-state index >= 15 is 0 Å². The fourth-order valence-electron chi connectivity index (χ4n) is 1.80. The highest BCUT2D eigenvalue weighted by molar-refractivity contribution is 7.11. The molecular weight excluding hydrogens is 270 g/mol. The highest BCUT2D eigenvalue weighted by Gasteiger charge is 2.05. The van der Waals surface area contributed by atoms with E-state index in [9.17, 15) is 0 Å². The van der Waals surface area contributed by atoms with Crippen LogP contribution in [-0.2, 0) is 19.4 Å². The number of benzene rings is 1. The van der Waals surface area contributed by atoms with Crippen molar-refractivity contribution in [2.24, 2.45) is 0 Å². The van der Waals surface area contributed by atoms with E-state index < -0.39 is 0 Å². The molecule has 108 valence electrons. The van der Waals surface area contributed by atoms with E-state index in [-0.39, 0.29) is 0 Å². The standard InChI is InChI=1S/C15H21N3OS/c1-11(2)16-10-15-18-17-14(20-15)9-6-12-4-7-13(19-3)8-5-12/h4-5,7-8,11,16H,6,9-10H2,1-3H3. The van der Waals surface area contributed by atoms with Crippen molar-refractivity contribution in [3.8, 4) is 5.75 Å². The second-order valence-electron chi connectivity index (χ2n) is 4.97. The zero-order chi connectivity index (χ0) is 14.4. The van der Waals surface area contributed by atoms with Crippen molar-refractivity contribution < 1.29 is 4.74 Å². The SMILES string of the molecule is COc1ccc(CCc2nnc(CNC(C)C)s2)cc1. The minimum Gasteiger partial charge on any atom is -0.497 e. The van der Waals surface area contributed by atoms with Gasteiger partial charge in [0.05, 0.1) is 7.11 Å². The highest BCUT2D eigenvalue weighted by Crippen LogP contribution is 2.15. The number of methoxy groups -OCH3 is 1. The van der Waals surface area contributed by atoms with Crippen LogP contribution < -0.4 is 10.1 Å². The average molecular weight is 291 g/mol. The van der Waals surface area contributed by atoms with Crippen molar-refractivity contribution in [2.75, 3.05) is 7.11 Å². The molecule has 0 amide bonds. The average Bonchev–Trinajstić information content (AvgIpc) is 2.91. The topological polar surface area (TPSA) is 47.0 Å². The third-order valence-electron chi connectivity index (χ3n) is 2.96. The molecule has 0 unspecified atom stereocenters. The maximum atomic E-state index is 5.15. The van der Waals surface area contributed by atoms with Crippen LogP contribution in [0.15, 0.2) is 24.3 Å². The zero-order valence-electron chi connectivity index (χ0n) is 12.2. The normalized spacial score (nSPS) is 11.0. The second-order valence-corrected chi connectivity index (χ2v) is 6.12. The van der Waals surface area contributed by atoms with Crippen LogP contribution in [0, 0.1) is 0 Å². The molecule has 0 aliphatic carbocycles. The molecule has 20 heavy (non-hydrogen) atoms. The van der Waals surface area contributed by atoms with Gasteiger partial charge in [0.25, 0.3) is 0 Å². The molecule has 1 aromatic heterocycles. The number of nitrogens with zero attached hydrogens (tertiary/aromatic N) is 2. The maximum absolute atomic E-state index is 5.15. The number of rotatable bonds is 7. The molecule has 0 bridgehead atoms. The maximum Gasteiger partial charge on any atom is 0.131 e. The fraction of sp³-hybridized carbons (Fsp3) is 0.467. The Kier molecular flexibility index (Phi) is 5.49. The second kappa shape index (κ2) is 7.36. The number of nitrogens with one attached hydrogen (secondary N) is 1. The van der Waals surface area contributed by atoms with Gasteiger partial charge in [-0.2, -0.15) is 0 Å². The Bertz CT molecular complexity index is 522. The van der Waals surface area contributed by atoms with E-state index in [4.69, 9.17) is 4.74 Å². The number of aromatic nitrogens is 2. The Morgan fingerprint density at radius 1 is 1.10 bits per heavy atom. The smallest absolute Gasteiger partial charge is 0.131 e. The molecule has 0 saturated heterocycles. The molecule has 4 nitrogen and oxygen atoms in total. The number of ether oxygens (including phenoxy) is 1. The van der Waals surface area contributed by atoms with Gasteiger partial charge in [-0.3, -0.25) is 0 Å². The molecule has 0 fully saturated rings. The summed E-state index contributed by atoms with van der Waals surface area (Å²) in [6.07, 6.45) is 1.92. The first-order chi connectivity index (χ1) is 9.67. The van der Waals surface area contributed by atoms with Crippen molar-refractivity contribution in [2.45, 2.75) is 39.3 Å². The van der Waals surface area contributed by atoms with E-state index in [0.717, 1.165) is 35.2 Å². The summed E-state index contributed by atoms with van der Waals surface area (Å²) in [7, 11) is 1.68. The van der Waals surface area contributed by atoms with Gasteiger partial charge >= 0.3 is 0 Å². The molecule has 0 atom stereocenters. The Balaban J connectivity index is 1.84. The van der Waals surface area contributed by atoms with Crippen molar-refractivity contribution in [1.29, 1.82) is 0 Å². The third-order valence-corrected chi connectivity index (χ3v) is 3.94. The fourth-order valence-corrected chi connectivity index (χ4v) is 2.59. The van der Waals surface area contributed by atoms with E-state index in [1.807, 2.05) is 12.1 Å². The molecule has 2 rings (SSSR count). The van der Waals surface area contributed by atoms with Crippen LogP contribution in [0.4, 0.5) is 0 Å². The highest BCUT2D eigenvalue weighted by atomic mass is 32.1. The summed E-state index contributed by atoms with van der Waals surface area (Å²) >= 11 is 1.69. The lowest BCUT2D eigenvalue weighted by Gasteiger charge is -2.03. The van der Waals surface area contributed by atoms with Gasteiger partial charge < -0.3 is 10.1 Å². The van der Waals surface area contributed by atoms with Crippen molar-refractivity contribution >= 4 is 11.3 Å². The monoisotopic (exact) mass is 291 g/mol. The molecule has 0 saturated carbocycles. The summed E-state index contributed by atoms with van der Waals surface area (Å²) in [6, 6.07) is 8.66. The number of hydrogen-bond donors (Lipinski definition) is 1. The Hall–Kier alpha value is -1.46. The first-order valence-electron chi connectivity index (χ1n) is 6.85. The van der Waals surface area contributed by atoms with Gasteiger partial charge in [0, 0.05) is 19.0 Å². The lowest BCUT2D eigenvalue weighted by molar-refractivity contribution is 0.414. The van der Waals surface area contributed by atoms with Crippen molar-refractivity contribution in [3.63, 3.8) is 0 Å². The molecule has 0 aliphatic rings. The zero-order valence-corrected chi connectivity index (χ0v) is 13.0. The molecule has 2 aromatic rings. The largest absolute Gasteiger partial charge is 0.497 e. The van der Waals surface area contributed by atoms with Crippen LogP contribution in [0.3, 0.4) is 0 Å². The van der Waals surface area contributed by atoms with Gasteiger partial charge in [0.2, 0.25) is 0 Å². The van der Waals surface area contributed by atoms with Gasteiger partial charge in [-0.1, -0.05) is 26.0 Å². The number of aryl methyl sites for hydroxylation is 2. The summed E-state index contributed by atoms with van der Waals surface area (Å²) in [6.45, 7) is 5.06. The van der Waals surface area contributed by atoms with Gasteiger partial charge in [-0.25, -0.2) is 0 Å². The van der Waals surface area contributed by atoms with Gasteiger partial charge in [-0.15, -0.1) is 21.5 Å². The summed E-state index contributed by atoms with van der Waals surface area (Å²) in [5, 5.41) is 14.0. The summed E-state index contributed by atoms with van der Waals surface area (Å²) in [4.78, 5) is 0. The van der Waals surface area contributed by atoms with Crippen LogP contribution in [0.2, 0.25) is 0 Å². The van der Waals surface area contributed by atoms with Gasteiger partial charge in [0.1, 0.15) is 15.8 Å². The Morgan fingerprint density at radius 3 is 2.45 bits per heavy atom. The van der Waals surface area contributed by atoms with E-state index in [1.54, 1.807) is 18.4 Å². The van der Waals surface area contributed by atoms with Crippen LogP contribution >= 0.6 is 11.3 Å². The van der Waals surface area contributed by atoms with Crippen molar-refractivity contribution in [1.82, 2.24) is 15.5 Å². The van der Waals surface area contributed by atoms with E-state index in [2.05, 4.69) is 41.5 Å². The van der Waals surface area contributed by atoms with Crippen LogP contribution in [-0.4, -0.2) is 23.3 Å². The minimum absolute atomic E-state index is 0.474. The quantitative estimate of drug-likeness (QED) is 0.852. The van der Waals surface area contributed by atoms with Gasteiger partial charge in [0.15, 0.2) is 0 Å². The summed E-state index contributed by atoms with van der Waals surface area (Å²) in [5.74, 6) is 0.895. The predicted molar refractivity (Wildman–Crippen MR) is 82.3 cm³/mol. The first kappa shape index (κ1) is 14.9. The van der Waals surface area contributed by atoms with Crippen LogP contribution in [0.1, 0.15) is 29.4 Å². The van der Waals surface area contributed by atoms with Gasteiger partial charge in [-0.05, 0) is 24.1 Å². The molecule has 1 N–H and O–H groups in total. The summed E-state index contributed by atoms with van der Waals surface area (Å²) < 4.78 is 5.15. The molecule has 1 aromatic carbocycles. The molecule has 1 heterocycles. The lowest BCUT2D eigenvalue weighted by Crippen LogP contribution is -2.21. The molecule has 0 spiro atoms. The Labute approximate surface area is 124 Å². The van der Waals surface area contributed by atoms with Crippen molar-refractivity contribution in [3.05, 3.63) is 39.8 Å². The minimum atomic E-state index is 0.474. The predicted octanol–water partition coefficient (Wildman–Crippen LogP) is 2.83.